The van der Waals surface area contributed by atoms with Gasteiger partial charge in [0.15, 0.2) is 31.5 Å². The van der Waals surface area contributed by atoms with Crippen LogP contribution in [0.4, 0.5) is 0 Å². The van der Waals surface area contributed by atoms with E-state index in [1.807, 2.05) is 0 Å². The van der Waals surface area contributed by atoms with Crippen molar-refractivity contribution in [3.63, 3.8) is 0 Å². The molecule has 0 bridgehead atoms. The van der Waals surface area contributed by atoms with E-state index >= 15 is 0 Å². The molecule has 3 aliphatic rings. The van der Waals surface area contributed by atoms with E-state index in [0.29, 0.717) is 0 Å². The number of ether oxygens (including phenoxy) is 7. The fraction of sp³-hybridized carbons (Fsp3) is 1.00. The second-order valence-corrected chi connectivity index (χ2v) is 13.3. The fourth-order valence-electron chi connectivity index (χ4n) is 6.05. The van der Waals surface area contributed by atoms with Gasteiger partial charge in [0.25, 0.3) is 0 Å². The summed E-state index contributed by atoms with van der Waals surface area (Å²) in [7, 11) is 0. The number of hydrogen-bond acceptors (Lipinski definition) is 24. The molecule has 3 fully saturated rings. The molecule has 0 aromatic carbocycles. The Hall–Kier alpha value is -0.960. The van der Waals surface area contributed by atoms with Crippen molar-refractivity contribution in [1.82, 2.24) is 0 Å². The number of aliphatic hydroxyl groups is 17. The van der Waals surface area contributed by atoms with Gasteiger partial charge in [0.05, 0.1) is 32.0 Å². The largest absolute Gasteiger partial charge is 0.394 e. The molecule has 3 heterocycles. The summed E-state index contributed by atoms with van der Waals surface area (Å²) in [5.41, 5.74) is 0. The van der Waals surface area contributed by atoms with Gasteiger partial charge in [-0.1, -0.05) is 13.8 Å². The van der Waals surface area contributed by atoms with Crippen LogP contribution in [0.3, 0.4) is 0 Å². The molecule has 24 heteroatoms. The standard InChI is InChI=1S/C30H56O24/c1-3-8(33)13(34)19(40)27(46)54-25-12(7-48-29-22(43)16(37)15(36)10(5-31)51-29)52-30(23(44)18(25)39)50-9(4-2)14(35)20(41)28(47)53-24-11(6-32)49-26(45)21(42)17(24)38/h8-47H,3-7H2,1-2H3. The van der Waals surface area contributed by atoms with Gasteiger partial charge < -0.3 is 120 Å². The van der Waals surface area contributed by atoms with E-state index in [2.05, 4.69) is 0 Å². The summed E-state index contributed by atoms with van der Waals surface area (Å²) < 4.78 is 37.6. The van der Waals surface area contributed by atoms with Crippen molar-refractivity contribution in [1.29, 1.82) is 0 Å². The van der Waals surface area contributed by atoms with Crippen LogP contribution < -0.4 is 0 Å². The Morgan fingerprint density at radius 3 is 1.52 bits per heavy atom. The highest BCUT2D eigenvalue weighted by molar-refractivity contribution is 4.95. The maximum absolute atomic E-state index is 11.1. The van der Waals surface area contributed by atoms with Crippen LogP contribution in [0, 0.1) is 0 Å². The molecule has 0 aromatic rings. The molecular weight excluding hydrogens is 744 g/mol. The van der Waals surface area contributed by atoms with Crippen molar-refractivity contribution in [2.75, 3.05) is 19.8 Å². The molecular formula is C30H56O24. The molecule has 0 radical (unpaired) electrons. The fourth-order valence-corrected chi connectivity index (χ4v) is 6.05. The van der Waals surface area contributed by atoms with Gasteiger partial charge in [-0.3, -0.25) is 0 Å². The average molecular weight is 801 g/mol. The van der Waals surface area contributed by atoms with Crippen LogP contribution in [0.1, 0.15) is 26.7 Å². The number of aliphatic hydroxyl groups excluding tert-OH is 17. The van der Waals surface area contributed by atoms with Crippen molar-refractivity contribution in [3.05, 3.63) is 0 Å². The summed E-state index contributed by atoms with van der Waals surface area (Å²) >= 11 is 0. The Morgan fingerprint density at radius 1 is 0.481 bits per heavy atom. The quantitative estimate of drug-likeness (QED) is 0.0539. The number of rotatable bonds is 19. The number of hydrogen-bond donors (Lipinski definition) is 17. The molecule has 0 amide bonds. The molecule has 320 valence electrons. The minimum atomic E-state index is -2.37. The van der Waals surface area contributed by atoms with Gasteiger partial charge in [-0.15, -0.1) is 0 Å². The van der Waals surface area contributed by atoms with Crippen LogP contribution in [0.25, 0.3) is 0 Å². The zero-order chi connectivity index (χ0) is 40.8. The van der Waals surface area contributed by atoms with Gasteiger partial charge in [0, 0.05) is 0 Å². The summed E-state index contributed by atoms with van der Waals surface area (Å²) in [5, 5.41) is 175. The van der Waals surface area contributed by atoms with Crippen molar-refractivity contribution >= 4 is 0 Å². The van der Waals surface area contributed by atoms with Gasteiger partial charge in [-0.05, 0) is 12.8 Å². The first-order valence-corrected chi connectivity index (χ1v) is 17.3. The zero-order valence-corrected chi connectivity index (χ0v) is 29.3. The van der Waals surface area contributed by atoms with Crippen LogP contribution in [-0.4, -0.2) is 248 Å². The monoisotopic (exact) mass is 800 g/mol. The van der Waals surface area contributed by atoms with Gasteiger partial charge >= 0.3 is 0 Å². The van der Waals surface area contributed by atoms with Crippen LogP contribution in [0.15, 0.2) is 0 Å². The van der Waals surface area contributed by atoms with E-state index in [0.717, 1.165) is 0 Å². The maximum atomic E-state index is 11.1. The van der Waals surface area contributed by atoms with Crippen LogP contribution in [-0.2, 0) is 33.2 Å². The Bertz CT molecular complexity index is 1080. The molecule has 0 aliphatic carbocycles. The molecule has 17 N–H and O–H groups in total. The van der Waals surface area contributed by atoms with Crippen LogP contribution in [0.5, 0.6) is 0 Å². The molecule has 3 rings (SSSR count). The first kappa shape index (κ1) is 47.4. The molecule has 0 spiro atoms. The first-order chi connectivity index (χ1) is 25.3. The van der Waals surface area contributed by atoms with E-state index in [4.69, 9.17) is 33.2 Å². The normalized spacial score (nSPS) is 42.4. The SMILES string of the molecule is CCC(O)C(O)C(O)C(O)OC1C(COC2OC(CO)C(O)C(O)C2O)OC(OC(CC)C(O)C(O)C(O)OC2C(CO)OC(O)C(O)C2O)C(O)C1O. The zero-order valence-electron chi connectivity index (χ0n) is 29.3. The van der Waals surface area contributed by atoms with Crippen molar-refractivity contribution in [2.45, 2.75) is 168 Å². The lowest BCUT2D eigenvalue weighted by atomic mass is 9.97. The summed E-state index contributed by atoms with van der Waals surface area (Å²) in [6.07, 6.45) is -44.1. The lowest BCUT2D eigenvalue weighted by molar-refractivity contribution is -0.359. The molecule has 23 atom stereocenters. The molecule has 23 unspecified atom stereocenters. The minimum absolute atomic E-state index is 0.0525. The van der Waals surface area contributed by atoms with Gasteiger partial charge in [0.1, 0.15) is 97.7 Å². The lowest BCUT2D eigenvalue weighted by Gasteiger charge is -2.45. The third-order valence-electron chi connectivity index (χ3n) is 9.54. The van der Waals surface area contributed by atoms with Crippen LogP contribution >= 0.6 is 0 Å². The van der Waals surface area contributed by atoms with Gasteiger partial charge in [0.2, 0.25) is 0 Å². The topological polar surface area (TPSA) is 409 Å². The van der Waals surface area contributed by atoms with E-state index < -0.39 is 161 Å². The first-order valence-electron chi connectivity index (χ1n) is 17.3. The summed E-state index contributed by atoms with van der Waals surface area (Å²) in [5.74, 6) is 0. The Balaban J connectivity index is 1.79. The third-order valence-corrected chi connectivity index (χ3v) is 9.54. The summed E-state index contributed by atoms with van der Waals surface area (Å²) in [6, 6.07) is 0. The smallest absolute Gasteiger partial charge is 0.187 e. The van der Waals surface area contributed by atoms with Crippen molar-refractivity contribution < 1.29 is 120 Å². The minimum Gasteiger partial charge on any atom is -0.394 e. The summed E-state index contributed by atoms with van der Waals surface area (Å²) in [6.45, 7) is 0.356. The van der Waals surface area contributed by atoms with E-state index in [1.165, 1.54) is 13.8 Å². The van der Waals surface area contributed by atoms with Gasteiger partial charge in [-0.25, -0.2) is 0 Å². The van der Waals surface area contributed by atoms with E-state index in [-0.39, 0.29) is 12.8 Å². The Morgan fingerprint density at radius 2 is 0.981 bits per heavy atom. The lowest BCUT2D eigenvalue weighted by Crippen LogP contribution is -2.64. The van der Waals surface area contributed by atoms with E-state index in [9.17, 15) is 86.8 Å². The molecule has 3 aliphatic heterocycles. The molecule has 24 nitrogen and oxygen atoms in total. The Labute approximate surface area is 308 Å². The summed E-state index contributed by atoms with van der Waals surface area (Å²) in [4.78, 5) is 0. The van der Waals surface area contributed by atoms with Crippen molar-refractivity contribution in [2.24, 2.45) is 0 Å². The van der Waals surface area contributed by atoms with Crippen molar-refractivity contribution in [3.8, 4) is 0 Å². The second kappa shape index (κ2) is 21.2. The maximum Gasteiger partial charge on any atom is 0.187 e. The third kappa shape index (κ3) is 10.9. The second-order valence-electron chi connectivity index (χ2n) is 13.3. The highest BCUT2D eigenvalue weighted by Gasteiger charge is 2.51. The predicted octanol–water partition coefficient (Wildman–Crippen LogP) is -9.90. The molecule has 0 aromatic heterocycles. The highest BCUT2D eigenvalue weighted by atomic mass is 16.7. The van der Waals surface area contributed by atoms with Gasteiger partial charge in [-0.2, -0.15) is 0 Å². The van der Waals surface area contributed by atoms with E-state index in [1.54, 1.807) is 0 Å². The molecule has 54 heavy (non-hydrogen) atoms. The Kier molecular flexibility index (Phi) is 18.6. The predicted molar refractivity (Wildman–Crippen MR) is 168 cm³/mol. The molecule has 3 saturated heterocycles. The average Bonchev–Trinajstić information content (AvgIpc) is 3.16. The highest BCUT2D eigenvalue weighted by Crippen LogP contribution is 2.31. The molecule has 0 saturated carbocycles. The van der Waals surface area contributed by atoms with Crippen LogP contribution in [0.2, 0.25) is 0 Å².